The van der Waals surface area contributed by atoms with Gasteiger partial charge in [0.25, 0.3) is 0 Å². The lowest BCUT2D eigenvalue weighted by Crippen LogP contribution is -2.22. The van der Waals surface area contributed by atoms with Gasteiger partial charge in [0.05, 0.1) is 0 Å². The molecule has 0 aromatic rings. The van der Waals surface area contributed by atoms with Crippen molar-refractivity contribution < 1.29 is 4.79 Å². The summed E-state index contributed by atoms with van der Waals surface area (Å²) in [5.41, 5.74) is 1.35. The monoisotopic (exact) mass is 139 g/mol. The minimum Gasteiger partial charge on any atom is -0.352 e. The first-order chi connectivity index (χ1) is 4.83. The number of carbonyl (C=O) groups excluding carboxylic acids is 1. The van der Waals surface area contributed by atoms with Crippen LogP contribution in [0.5, 0.6) is 0 Å². The number of rotatable bonds is 1. The Morgan fingerprint density at radius 3 is 3.20 bits per heavy atom. The van der Waals surface area contributed by atoms with E-state index in [1.54, 1.807) is 0 Å². The van der Waals surface area contributed by atoms with Gasteiger partial charge in [-0.2, -0.15) is 0 Å². The van der Waals surface area contributed by atoms with E-state index in [0.717, 1.165) is 19.4 Å². The van der Waals surface area contributed by atoms with Gasteiger partial charge in [-0.15, -0.1) is 0 Å². The topological polar surface area (TPSA) is 29.1 Å². The zero-order valence-electron chi connectivity index (χ0n) is 6.31. The van der Waals surface area contributed by atoms with Crippen LogP contribution in [0.25, 0.3) is 0 Å². The minimum absolute atomic E-state index is 0.180. The molecule has 1 aliphatic rings. The maximum atomic E-state index is 10.8. The Hall–Kier alpha value is -0.790. The summed E-state index contributed by atoms with van der Waals surface area (Å²) in [7, 11) is 0. The highest BCUT2D eigenvalue weighted by molar-refractivity contribution is 5.76. The van der Waals surface area contributed by atoms with Gasteiger partial charge in [-0.1, -0.05) is 18.6 Å². The van der Waals surface area contributed by atoms with Crippen molar-refractivity contribution in [3.63, 3.8) is 0 Å². The van der Waals surface area contributed by atoms with E-state index in [2.05, 4.69) is 18.3 Å². The molecule has 1 aliphatic heterocycles. The largest absolute Gasteiger partial charge is 0.352 e. The van der Waals surface area contributed by atoms with Crippen LogP contribution in [0.1, 0.15) is 26.2 Å². The van der Waals surface area contributed by atoms with Crippen molar-refractivity contribution >= 4 is 5.91 Å². The fourth-order valence-electron chi connectivity index (χ4n) is 1.05. The van der Waals surface area contributed by atoms with Crippen LogP contribution < -0.4 is 5.32 Å². The number of nitrogens with one attached hydrogen (secondary N) is 1. The molecule has 0 saturated heterocycles. The number of amides is 1. The number of allylic oxidation sites excluding steroid dienone is 1. The van der Waals surface area contributed by atoms with Gasteiger partial charge in [-0.05, 0) is 12.8 Å². The Kier molecular flexibility index (Phi) is 2.49. The first-order valence-electron chi connectivity index (χ1n) is 3.77. The van der Waals surface area contributed by atoms with Crippen molar-refractivity contribution in [1.29, 1.82) is 0 Å². The van der Waals surface area contributed by atoms with Crippen LogP contribution in [0, 0.1) is 0 Å². The molecule has 2 heteroatoms. The molecular weight excluding hydrogens is 126 g/mol. The van der Waals surface area contributed by atoms with Crippen LogP contribution in [0.15, 0.2) is 11.6 Å². The summed E-state index contributed by atoms with van der Waals surface area (Å²) in [6.45, 7) is 2.87. The molecule has 2 nitrogen and oxygen atoms in total. The molecule has 0 atom stereocenters. The lowest BCUT2D eigenvalue weighted by Gasteiger charge is -2.00. The molecule has 10 heavy (non-hydrogen) atoms. The molecule has 0 saturated carbocycles. The second kappa shape index (κ2) is 3.40. The van der Waals surface area contributed by atoms with Gasteiger partial charge in [-0.25, -0.2) is 0 Å². The maximum absolute atomic E-state index is 10.8. The SMILES string of the molecule is CCC1=CCCC(=O)NC1. The molecule has 0 aromatic heterocycles. The van der Waals surface area contributed by atoms with E-state index in [-0.39, 0.29) is 5.91 Å². The van der Waals surface area contributed by atoms with E-state index in [0.29, 0.717) is 6.42 Å². The van der Waals surface area contributed by atoms with Crippen LogP contribution in [0.4, 0.5) is 0 Å². The number of hydrogen-bond donors (Lipinski definition) is 1. The van der Waals surface area contributed by atoms with Crippen molar-refractivity contribution in [3.05, 3.63) is 11.6 Å². The molecular formula is C8H13NO. The summed E-state index contributed by atoms with van der Waals surface area (Å²) >= 11 is 0. The fraction of sp³-hybridized carbons (Fsp3) is 0.625. The number of hydrogen-bond acceptors (Lipinski definition) is 1. The smallest absolute Gasteiger partial charge is 0.220 e. The Labute approximate surface area is 61.3 Å². The van der Waals surface area contributed by atoms with Crippen LogP contribution in [0.2, 0.25) is 0 Å². The van der Waals surface area contributed by atoms with E-state index in [1.807, 2.05) is 0 Å². The summed E-state index contributed by atoms with van der Waals surface area (Å²) in [6.07, 6.45) is 4.79. The molecule has 0 unspecified atom stereocenters. The van der Waals surface area contributed by atoms with Gasteiger partial charge in [-0.3, -0.25) is 4.79 Å². The molecule has 0 radical (unpaired) electrons. The molecule has 1 heterocycles. The molecule has 0 bridgehead atoms. The first-order valence-corrected chi connectivity index (χ1v) is 3.77. The lowest BCUT2D eigenvalue weighted by atomic mass is 10.2. The number of carbonyl (C=O) groups is 1. The van der Waals surface area contributed by atoms with E-state index >= 15 is 0 Å². The molecule has 0 aliphatic carbocycles. The van der Waals surface area contributed by atoms with Gasteiger partial charge in [0, 0.05) is 13.0 Å². The molecule has 0 fully saturated rings. The van der Waals surface area contributed by atoms with Gasteiger partial charge in [0.15, 0.2) is 0 Å². The van der Waals surface area contributed by atoms with Crippen LogP contribution in [0.3, 0.4) is 0 Å². The van der Waals surface area contributed by atoms with Crippen LogP contribution >= 0.6 is 0 Å². The molecule has 1 amide bonds. The normalized spacial score (nSPS) is 19.3. The summed E-state index contributed by atoms with van der Waals surface area (Å²) in [4.78, 5) is 10.8. The first kappa shape index (κ1) is 7.32. The molecule has 0 spiro atoms. The molecule has 1 rings (SSSR count). The minimum atomic E-state index is 0.180. The summed E-state index contributed by atoms with van der Waals surface area (Å²) < 4.78 is 0. The third-order valence-corrected chi connectivity index (χ3v) is 1.77. The predicted molar refractivity (Wildman–Crippen MR) is 40.6 cm³/mol. The van der Waals surface area contributed by atoms with E-state index in [1.165, 1.54) is 5.57 Å². The second-order valence-electron chi connectivity index (χ2n) is 2.53. The van der Waals surface area contributed by atoms with Crippen molar-refractivity contribution in [2.45, 2.75) is 26.2 Å². The third-order valence-electron chi connectivity index (χ3n) is 1.77. The predicted octanol–water partition coefficient (Wildman–Crippen LogP) is 1.23. The average Bonchev–Trinajstić information content (AvgIpc) is 2.14. The van der Waals surface area contributed by atoms with Gasteiger partial charge in [0.2, 0.25) is 5.91 Å². The Morgan fingerprint density at radius 2 is 2.50 bits per heavy atom. The maximum Gasteiger partial charge on any atom is 0.220 e. The van der Waals surface area contributed by atoms with Gasteiger partial charge in [0.1, 0.15) is 0 Å². The molecule has 1 N–H and O–H groups in total. The van der Waals surface area contributed by atoms with Crippen molar-refractivity contribution in [1.82, 2.24) is 5.32 Å². The van der Waals surface area contributed by atoms with Crippen molar-refractivity contribution in [3.8, 4) is 0 Å². The van der Waals surface area contributed by atoms with E-state index in [4.69, 9.17) is 0 Å². The van der Waals surface area contributed by atoms with E-state index in [9.17, 15) is 4.79 Å². The summed E-state index contributed by atoms with van der Waals surface area (Å²) in [6, 6.07) is 0. The zero-order valence-corrected chi connectivity index (χ0v) is 6.31. The summed E-state index contributed by atoms with van der Waals surface area (Å²) in [5.74, 6) is 0.180. The standard InChI is InChI=1S/C8H13NO/c1-2-7-4-3-5-8(10)9-6-7/h4H,2-3,5-6H2,1H3,(H,9,10). The van der Waals surface area contributed by atoms with E-state index < -0.39 is 0 Å². The van der Waals surface area contributed by atoms with Crippen molar-refractivity contribution in [2.75, 3.05) is 6.54 Å². The van der Waals surface area contributed by atoms with Gasteiger partial charge < -0.3 is 5.32 Å². The third kappa shape index (κ3) is 1.87. The Balaban J connectivity index is 2.47. The zero-order chi connectivity index (χ0) is 7.40. The average molecular weight is 139 g/mol. The second-order valence-corrected chi connectivity index (χ2v) is 2.53. The summed E-state index contributed by atoms with van der Waals surface area (Å²) in [5, 5.41) is 2.84. The highest BCUT2D eigenvalue weighted by Gasteiger charge is 2.04. The molecule has 0 aromatic carbocycles. The van der Waals surface area contributed by atoms with Crippen LogP contribution in [-0.2, 0) is 4.79 Å². The Bertz CT molecular complexity index is 161. The van der Waals surface area contributed by atoms with Crippen molar-refractivity contribution in [2.24, 2.45) is 0 Å². The quantitative estimate of drug-likeness (QED) is 0.544. The van der Waals surface area contributed by atoms with Gasteiger partial charge >= 0.3 is 0 Å². The fourth-order valence-corrected chi connectivity index (χ4v) is 1.05. The van der Waals surface area contributed by atoms with Crippen LogP contribution in [-0.4, -0.2) is 12.5 Å². The Morgan fingerprint density at radius 1 is 1.70 bits per heavy atom. The highest BCUT2D eigenvalue weighted by atomic mass is 16.1. The molecule has 56 valence electrons. The highest BCUT2D eigenvalue weighted by Crippen LogP contribution is 2.06. The lowest BCUT2D eigenvalue weighted by molar-refractivity contribution is -0.120.